The molecule has 0 unspecified atom stereocenters. The number of nitro benzene ring substituents is 1. The van der Waals surface area contributed by atoms with Crippen LogP contribution in [0.3, 0.4) is 0 Å². The molecule has 0 heterocycles. The van der Waals surface area contributed by atoms with E-state index >= 15 is 0 Å². The van der Waals surface area contributed by atoms with Crippen molar-refractivity contribution in [3.8, 4) is 0 Å². The van der Waals surface area contributed by atoms with E-state index in [9.17, 15) is 10.1 Å². The molecule has 70 valence electrons. The molecule has 0 aliphatic rings. The molecule has 0 bridgehead atoms. The summed E-state index contributed by atoms with van der Waals surface area (Å²) in [5, 5.41) is 10.2. The summed E-state index contributed by atoms with van der Waals surface area (Å²) in [5.74, 6) is 0. The van der Waals surface area contributed by atoms with Crippen molar-refractivity contribution in [1.29, 1.82) is 0 Å². The van der Waals surface area contributed by atoms with E-state index in [0.29, 0.717) is 6.54 Å². The van der Waals surface area contributed by atoms with Crippen molar-refractivity contribution in [2.45, 2.75) is 6.54 Å². The van der Waals surface area contributed by atoms with Gasteiger partial charge in [0.05, 0.1) is 4.92 Å². The Bertz CT molecular complexity index is 274. The minimum atomic E-state index is -0.430. The Balaban J connectivity index is -0.000000151. The zero-order valence-corrected chi connectivity index (χ0v) is 10.00. The molecule has 1 aromatic carbocycles. The van der Waals surface area contributed by atoms with Crippen LogP contribution in [-0.4, -0.2) is 42.7 Å². The molecule has 0 saturated heterocycles. The van der Waals surface area contributed by atoms with E-state index in [1.165, 1.54) is 12.1 Å². The quantitative estimate of drug-likeness (QED) is 0.473. The van der Waals surface area contributed by atoms with Crippen molar-refractivity contribution >= 4 is 55.8 Å². The average Bonchev–Trinajstić information content (AvgIpc) is 2.05. The molecule has 0 amide bonds. The number of benzene rings is 1. The van der Waals surface area contributed by atoms with Crippen LogP contribution in [0.25, 0.3) is 0 Å². The molecule has 0 aliphatic carbocycles. The number of non-ortho nitro benzene ring substituents is 1. The van der Waals surface area contributed by atoms with Gasteiger partial charge in [-0.1, -0.05) is 12.1 Å². The van der Waals surface area contributed by atoms with Gasteiger partial charge in [-0.25, -0.2) is 0 Å². The van der Waals surface area contributed by atoms with Crippen LogP contribution in [0.15, 0.2) is 24.3 Å². The van der Waals surface area contributed by atoms with E-state index < -0.39 is 4.92 Å². The second-order valence-corrected chi connectivity index (χ2v) is 2.13. The van der Waals surface area contributed by atoms with Crippen LogP contribution in [-0.2, 0) is 6.54 Å². The topological polar surface area (TPSA) is 69.2 Å². The smallest absolute Gasteiger partial charge is 1.00 e. The van der Waals surface area contributed by atoms with Gasteiger partial charge < -0.3 is 8.59 Å². The van der Waals surface area contributed by atoms with E-state index in [4.69, 9.17) is 5.73 Å². The maximum Gasteiger partial charge on any atom is 2.00 e. The summed E-state index contributed by atoms with van der Waals surface area (Å²) in [6, 6.07) is 6.20. The monoisotopic (exact) mass is 230 g/mol. The van der Waals surface area contributed by atoms with Gasteiger partial charge in [0, 0.05) is 18.7 Å². The Morgan fingerprint density at radius 2 is 1.85 bits per heavy atom. The van der Waals surface area contributed by atoms with Crippen LogP contribution >= 0.6 is 12.4 Å². The number of halogens is 1. The molecule has 0 atom stereocenters. The van der Waals surface area contributed by atoms with Crippen LogP contribution in [0.2, 0.25) is 0 Å². The van der Waals surface area contributed by atoms with Crippen molar-refractivity contribution in [3.05, 3.63) is 39.9 Å². The van der Waals surface area contributed by atoms with E-state index in [-0.39, 0.29) is 58.7 Å². The summed E-state index contributed by atoms with van der Waals surface area (Å²) in [6.45, 7) is 0.415. The Labute approximate surface area is 115 Å². The third-order valence-electron chi connectivity index (χ3n) is 1.38. The molecule has 0 radical (unpaired) electrons. The largest absolute Gasteiger partial charge is 2.00 e. The minimum Gasteiger partial charge on any atom is -1.00 e. The van der Waals surface area contributed by atoms with Crippen molar-refractivity contribution < 1.29 is 7.78 Å². The fourth-order valence-corrected chi connectivity index (χ4v) is 0.754. The second kappa shape index (κ2) is 7.53. The van der Waals surface area contributed by atoms with Crippen molar-refractivity contribution in [3.63, 3.8) is 0 Å². The normalized spacial score (nSPS) is 8.08. The van der Waals surface area contributed by atoms with Gasteiger partial charge in [0.1, 0.15) is 0 Å². The van der Waals surface area contributed by atoms with Crippen LogP contribution in [0.4, 0.5) is 5.69 Å². The molecule has 0 saturated carbocycles. The number of nitrogens with zero attached hydrogens (tertiary/aromatic N) is 1. The number of hydrogen-bond acceptors (Lipinski definition) is 3. The second-order valence-electron chi connectivity index (χ2n) is 2.13. The molecule has 0 aliphatic heterocycles. The van der Waals surface area contributed by atoms with Gasteiger partial charge in [0.15, 0.2) is 0 Å². The van der Waals surface area contributed by atoms with Gasteiger partial charge in [-0.15, -0.1) is 12.4 Å². The number of nitrogens with two attached hydrogens (primary N) is 1. The molecule has 0 fully saturated rings. The summed E-state index contributed by atoms with van der Waals surface area (Å²) >= 11 is 0. The predicted molar refractivity (Wildman–Crippen MR) is 56.2 cm³/mol. The summed E-state index contributed by atoms with van der Waals surface area (Å²) in [6.07, 6.45) is 0. The Kier molecular flexibility index (Phi) is 9.03. The summed E-state index contributed by atoms with van der Waals surface area (Å²) in [5.41, 5.74) is 6.30. The Morgan fingerprint density at radius 3 is 2.15 bits per heavy atom. The standard InChI is InChI=1S/C7H8N2O2.Ca.ClH.2H/c8-5-6-1-3-7(4-2-6)9(10)11;;;;/h1-4H,5,8H2;;1H;;/q;+2;;2*-1. The molecule has 13 heavy (non-hydrogen) atoms. The Hall–Kier alpha value is 0.130. The summed E-state index contributed by atoms with van der Waals surface area (Å²) in [7, 11) is 0. The van der Waals surface area contributed by atoms with E-state index in [0.717, 1.165) is 5.56 Å². The summed E-state index contributed by atoms with van der Waals surface area (Å²) in [4.78, 5) is 9.74. The van der Waals surface area contributed by atoms with Crippen LogP contribution in [0.5, 0.6) is 0 Å². The maximum absolute atomic E-state index is 10.2. The zero-order chi connectivity index (χ0) is 8.27. The van der Waals surface area contributed by atoms with Crippen LogP contribution in [0.1, 0.15) is 8.42 Å². The number of rotatable bonds is 2. The van der Waals surface area contributed by atoms with Gasteiger partial charge in [-0.05, 0) is 5.56 Å². The molecular formula is C7H11CaClN2O2. The van der Waals surface area contributed by atoms with E-state index in [1.54, 1.807) is 12.1 Å². The van der Waals surface area contributed by atoms with Crippen molar-refractivity contribution in [2.24, 2.45) is 5.73 Å². The van der Waals surface area contributed by atoms with E-state index in [1.807, 2.05) is 0 Å². The first kappa shape index (κ1) is 15.6. The molecule has 4 nitrogen and oxygen atoms in total. The molecular weight excluding hydrogens is 220 g/mol. The first-order valence-electron chi connectivity index (χ1n) is 3.17. The van der Waals surface area contributed by atoms with Gasteiger partial charge in [0.2, 0.25) is 0 Å². The van der Waals surface area contributed by atoms with Crippen molar-refractivity contribution in [2.75, 3.05) is 0 Å². The Morgan fingerprint density at radius 1 is 1.38 bits per heavy atom. The zero-order valence-electron chi connectivity index (χ0n) is 8.97. The third-order valence-corrected chi connectivity index (χ3v) is 1.38. The fourth-order valence-electron chi connectivity index (χ4n) is 0.754. The number of hydrogen-bond donors (Lipinski definition) is 1. The molecule has 1 rings (SSSR count). The first-order chi connectivity index (χ1) is 5.24. The summed E-state index contributed by atoms with van der Waals surface area (Å²) < 4.78 is 0. The van der Waals surface area contributed by atoms with Gasteiger partial charge in [-0.2, -0.15) is 0 Å². The van der Waals surface area contributed by atoms with Gasteiger partial charge in [-0.3, -0.25) is 10.1 Å². The SMILES string of the molecule is Cl.NCc1ccc([N+](=O)[O-])cc1.[Ca+2].[H-].[H-]. The fraction of sp³-hybridized carbons (Fsp3) is 0.143. The molecule has 1 aromatic rings. The first-order valence-corrected chi connectivity index (χ1v) is 3.17. The van der Waals surface area contributed by atoms with E-state index in [2.05, 4.69) is 0 Å². The van der Waals surface area contributed by atoms with Crippen LogP contribution < -0.4 is 5.73 Å². The van der Waals surface area contributed by atoms with Crippen LogP contribution in [0, 0.1) is 10.1 Å². The van der Waals surface area contributed by atoms with Gasteiger partial charge >= 0.3 is 37.7 Å². The molecule has 0 spiro atoms. The number of nitro groups is 1. The van der Waals surface area contributed by atoms with Gasteiger partial charge in [0.25, 0.3) is 5.69 Å². The molecule has 2 N–H and O–H groups in total. The maximum atomic E-state index is 10.2. The molecule has 6 heteroatoms. The average molecular weight is 231 g/mol. The molecule has 0 aromatic heterocycles. The third kappa shape index (κ3) is 4.78. The minimum absolute atomic E-state index is 0. The van der Waals surface area contributed by atoms with Crippen molar-refractivity contribution in [1.82, 2.24) is 0 Å². The predicted octanol–water partition coefficient (Wildman–Crippen LogP) is 1.32.